The van der Waals surface area contributed by atoms with E-state index in [2.05, 4.69) is 20.4 Å². The van der Waals surface area contributed by atoms with Crippen LogP contribution in [0.25, 0.3) is 0 Å². The lowest BCUT2D eigenvalue weighted by Gasteiger charge is -2.29. The monoisotopic (exact) mass is 790 g/mol. The molecule has 0 aliphatic carbocycles. The fourth-order valence-corrected chi connectivity index (χ4v) is 6.68. The topological polar surface area (TPSA) is 257 Å². The van der Waals surface area contributed by atoms with Crippen LogP contribution in [0.4, 0.5) is 0 Å². The second-order valence-electron chi connectivity index (χ2n) is 13.9. The van der Waals surface area contributed by atoms with Crippen molar-refractivity contribution in [1.82, 2.24) is 20.4 Å². The lowest BCUT2D eigenvalue weighted by Crippen LogP contribution is -2.46. The van der Waals surface area contributed by atoms with Crippen LogP contribution >= 0.6 is 0 Å². The van der Waals surface area contributed by atoms with Crippen molar-refractivity contribution >= 4 is 23.8 Å². The van der Waals surface area contributed by atoms with Gasteiger partial charge in [0, 0.05) is 26.9 Å². The van der Waals surface area contributed by atoms with Gasteiger partial charge in [-0.05, 0) is 87.3 Å². The molecule has 2 aromatic carbocycles. The Labute approximate surface area is 324 Å². The van der Waals surface area contributed by atoms with Crippen LogP contribution in [0.5, 0.6) is 23.0 Å². The zero-order chi connectivity index (χ0) is 40.8. The first-order valence-electron chi connectivity index (χ1n) is 18.7. The van der Waals surface area contributed by atoms with E-state index in [0.29, 0.717) is 62.5 Å². The molecule has 18 heteroatoms. The number of hydrogen-bond acceptors (Lipinski definition) is 14. The molecule has 2 amide bonds. The molecule has 4 aliphatic heterocycles. The van der Waals surface area contributed by atoms with Gasteiger partial charge in [-0.15, -0.1) is 0 Å². The Morgan fingerprint density at radius 2 is 0.893 bits per heavy atom. The third-order valence-corrected chi connectivity index (χ3v) is 9.47. The number of aliphatic carboxylic acids is 2. The van der Waals surface area contributed by atoms with E-state index in [0.717, 1.165) is 37.3 Å². The summed E-state index contributed by atoms with van der Waals surface area (Å²) in [6.45, 7) is 10.4. The van der Waals surface area contributed by atoms with Gasteiger partial charge in [0.05, 0.1) is 12.1 Å². The van der Waals surface area contributed by atoms with Crippen molar-refractivity contribution in [3.63, 3.8) is 0 Å². The van der Waals surface area contributed by atoms with Gasteiger partial charge in [-0.25, -0.2) is 9.59 Å². The van der Waals surface area contributed by atoms with Gasteiger partial charge in [-0.1, -0.05) is 12.1 Å². The Hall–Kier alpha value is -4.72. The minimum Gasteiger partial charge on any atom is -0.486 e. The molecule has 310 valence electrons. The average molecular weight is 791 g/mol. The summed E-state index contributed by atoms with van der Waals surface area (Å²) >= 11 is 0. The number of fused-ring (bicyclic) bond motifs is 2. The van der Waals surface area contributed by atoms with Crippen molar-refractivity contribution in [2.24, 2.45) is 0 Å². The maximum atomic E-state index is 11.5. The average Bonchev–Trinajstić information content (AvgIpc) is 3.91. The molecule has 0 unspecified atom stereocenters. The highest BCUT2D eigenvalue weighted by atomic mass is 16.6. The molecule has 2 aromatic rings. The molecule has 2 fully saturated rings. The van der Waals surface area contributed by atoms with Gasteiger partial charge in [0.2, 0.25) is 11.8 Å². The molecular formula is C38H54N4O14. The SMILES string of the molecule is CC(=O)N[C@H](CN1CCCC1)[C@H](O)c1ccc2c(c1)OCCO2.CC(=O)N[C@H](CN1CCCC1)[C@H](O)c1ccc2c(c1)OCCO2.O=C(O)[C@H](O)[C@@H](O)C(=O)O. The van der Waals surface area contributed by atoms with Gasteiger partial charge in [-0.2, -0.15) is 0 Å². The number of nitrogens with one attached hydrogen (secondary N) is 2. The van der Waals surface area contributed by atoms with Crippen LogP contribution < -0.4 is 29.6 Å². The second kappa shape index (κ2) is 21.5. The molecule has 0 spiro atoms. The number of carbonyl (C=O) groups excluding carboxylic acids is 2. The van der Waals surface area contributed by atoms with E-state index in [1.807, 2.05) is 24.3 Å². The van der Waals surface area contributed by atoms with Gasteiger partial charge in [0.15, 0.2) is 35.2 Å². The molecule has 0 saturated carbocycles. The van der Waals surface area contributed by atoms with Gasteiger partial charge in [0.1, 0.15) is 38.6 Å². The first kappa shape index (κ1) is 44.0. The molecule has 0 aromatic heterocycles. The van der Waals surface area contributed by atoms with Crippen LogP contribution in [0.2, 0.25) is 0 Å². The van der Waals surface area contributed by atoms with Crippen LogP contribution in [-0.2, 0) is 19.2 Å². The van der Waals surface area contributed by atoms with Crippen molar-refractivity contribution in [2.75, 3.05) is 65.7 Å². The predicted octanol–water partition coefficient (Wildman–Crippen LogP) is 0.0608. The summed E-state index contributed by atoms with van der Waals surface area (Å²) in [5.74, 6) is -1.11. The summed E-state index contributed by atoms with van der Waals surface area (Å²) in [5, 5.41) is 59.8. The number of benzene rings is 2. The number of rotatable bonds is 13. The predicted molar refractivity (Wildman–Crippen MR) is 199 cm³/mol. The Bertz CT molecular complexity index is 1500. The first-order chi connectivity index (χ1) is 26.7. The number of nitrogens with zero attached hydrogens (tertiary/aromatic N) is 2. The fourth-order valence-electron chi connectivity index (χ4n) is 6.68. The van der Waals surface area contributed by atoms with Crippen molar-refractivity contribution in [2.45, 2.75) is 76.0 Å². The number of aliphatic hydroxyl groups is 4. The molecule has 18 nitrogen and oxygen atoms in total. The zero-order valence-electron chi connectivity index (χ0n) is 31.7. The summed E-state index contributed by atoms with van der Waals surface area (Å²) < 4.78 is 22.2. The number of carbonyl (C=O) groups is 4. The van der Waals surface area contributed by atoms with E-state index in [9.17, 15) is 29.4 Å². The quantitative estimate of drug-likeness (QED) is 0.134. The highest BCUT2D eigenvalue weighted by Gasteiger charge is 2.30. The molecule has 6 atom stereocenters. The maximum Gasteiger partial charge on any atom is 0.335 e. The largest absolute Gasteiger partial charge is 0.486 e. The van der Waals surface area contributed by atoms with Crippen molar-refractivity contribution in [3.05, 3.63) is 47.5 Å². The summed E-state index contributed by atoms with van der Waals surface area (Å²) in [6, 6.07) is 10.2. The fraction of sp³-hybridized carbons (Fsp3) is 0.579. The highest BCUT2D eigenvalue weighted by molar-refractivity contribution is 5.83. The van der Waals surface area contributed by atoms with Crippen molar-refractivity contribution < 1.29 is 68.8 Å². The van der Waals surface area contributed by atoms with E-state index in [-0.39, 0.29) is 23.9 Å². The standard InChI is InChI=1S/2C17H24N2O4.C4H6O6/c2*1-12(20)18-14(11-19-6-2-3-7-19)17(21)13-4-5-15-16(10-13)23-9-8-22-15;5-1(3(7)8)2(6)4(9)10/h2*4-5,10,14,17,21H,2-3,6-9,11H2,1H3,(H,18,20);1-2,5-6H,(H,7,8)(H,9,10)/t2*14-,17-;1-,2-/m111/s1. The van der Waals surface area contributed by atoms with Crippen LogP contribution in [0.15, 0.2) is 36.4 Å². The van der Waals surface area contributed by atoms with Gasteiger partial charge in [-0.3, -0.25) is 9.59 Å². The Morgan fingerprint density at radius 3 is 1.20 bits per heavy atom. The van der Waals surface area contributed by atoms with Crippen LogP contribution in [-0.4, -0.2) is 154 Å². The highest BCUT2D eigenvalue weighted by Crippen LogP contribution is 2.35. The minimum absolute atomic E-state index is 0.134. The van der Waals surface area contributed by atoms with Gasteiger partial charge in [0.25, 0.3) is 0 Å². The van der Waals surface area contributed by atoms with Crippen LogP contribution in [0.3, 0.4) is 0 Å². The molecule has 4 heterocycles. The second-order valence-corrected chi connectivity index (χ2v) is 13.9. The number of hydrogen-bond donors (Lipinski definition) is 8. The van der Waals surface area contributed by atoms with Crippen molar-refractivity contribution in [3.8, 4) is 23.0 Å². The van der Waals surface area contributed by atoms with Crippen LogP contribution in [0, 0.1) is 0 Å². The van der Waals surface area contributed by atoms with Gasteiger partial charge >= 0.3 is 11.9 Å². The molecular weight excluding hydrogens is 736 g/mol. The normalized spacial score (nSPS) is 19.3. The van der Waals surface area contributed by atoms with E-state index in [1.165, 1.54) is 39.5 Å². The summed E-state index contributed by atoms with van der Waals surface area (Å²) in [7, 11) is 0. The van der Waals surface area contributed by atoms with Crippen molar-refractivity contribution in [1.29, 1.82) is 0 Å². The Morgan fingerprint density at radius 1 is 0.571 bits per heavy atom. The smallest absolute Gasteiger partial charge is 0.335 e. The third kappa shape index (κ3) is 13.2. The number of ether oxygens (including phenoxy) is 4. The molecule has 0 bridgehead atoms. The lowest BCUT2D eigenvalue weighted by molar-refractivity contribution is -0.165. The summed E-state index contributed by atoms with van der Waals surface area (Å²) in [6.07, 6.45) is -1.40. The minimum atomic E-state index is -2.27. The number of carboxylic acids is 2. The Kier molecular flexibility index (Phi) is 16.9. The number of likely N-dealkylation sites (tertiary alicyclic amines) is 2. The van der Waals surface area contributed by atoms with Crippen LogP contribution in [0.1, 0.15) is 62.9 Å². The summed E-state index contributed by atoms with van der Waals surface area (Å²) in [4.78, 5) is 47.1. The number of amides is 2. The van der Waals surface area contributed by atoms with E-state index in [4.69, 9.17) is 39.4 Å². The molecule has 56 heavy (non-hydrogen) atoms. The molecule has 4 aliphatic rings. The Balaban J connectivity index is 0.000000202. The zero-order valence-corrected chi connectivity index (χ0v) is 31.7. The number of carboxylic acid groups (broad SMARTS) is 2. The summed E-state index contributed by atoms with van der Waals surface area (Å²) in [5.41, 5.74) is 1.46. The molecule has 6 rings (SSSR count). The maximum absolute atomic E-state index is 11.5. The molecule has 0 radical (unpaired) electrons. The number of aliphatic hydroxyl groups excluding tert-OH is 4. The van der Waals surface area contributed by atoms with E-state index < -0.39 is 36.4 Å². The first-order valence-corrected chi connectivity index (χ1v) is 18.7. The van der Waals surface area contributed by atoms with Gasteiger partial charge < -0.3 is 70.0 Å². The molecule has 8 N–H and O–H groups in total. The lowest BCUT2D eigenvalue weighted by atomic mass is 10.0. The van der Waals surface area contributed by atoms with E-state index in [1.54, 1.807) is 12.1 Å². The van der Waals surface area contributed by atoms with E-state index >= 15 is 0 Å². The molecule has 2 saturated heterocycles. The third-order valence-electron chi connectivity index (χ3n) is 9.47.